The van der Waals surface area contributed by atoms with E-state index in [1.807, 2.05) is 66.7 Å². The molecular weight excluding hydrogens is 1930 g/mol. The number of hydrogen-bond acceptors (Lipinski definition) is 11. The van der Waals surface area contributed by atoms with Crippen molar-refractivity contribution in [3.63, 3.8) is 0 Å². The Kier molecular flexibility index (Phi) is 33.1. The van der Waals surface area contributed by atoms with Crippen molar-refractivity contribution in [3.8, 4) is 0 Å². The van der Waals surface area contributed by atoms with Crippen molar-refractivity contribution in [2.45, 2.75) is 196 Å². The van der Waals surface area contributed by atoms with Crippen molar-refractivity contribution in [1.29, 1.82) is 0 Å². The topological polar surface area (TPSA) is 105 Å². The van der Waals surface area contributed by atoms with Gasteiger partial charge in [-0.25, -0.2) is 0 Å². The molecule has 0 bridgehead atoms. The normalized spacial score (nSPS) is 21.2. The lowest BCUT2D eigenvalue weighted by Gasteiger charge is -2.31. The lowest BCUT2D eigenvalue weighted by Crippen LogP contribution is -2.35. The van der Waals surface area contributed by atoms with Crippen LogP contribution in [0.4, 0.5) is 0 Å². The lowest BCUT2D eigenvalue weighted by atomic mass is 9.82. The number of Topliss-reactive ketones (excluding diaryl/α,β-unsaturated/α-hetero) is 5. The first kappa shape index (κ1) is 102. The van der Waals surface area contributed by atoms with Crippen LogP contribution in [0.5, 0.6) is 0 Å². The van der Waals surface area contributed by atoms with Crippen molar-refractivity contribution in [2.75, 3.05) is 78.5 Å². The van der Waals surface area contributed by atoms with Gasteiger partial charge < -0.3 is 0 Å². The number of carbonyl (C=O) groups is 5. The van der Waals surface area contributed by atoms with Gasteiger partial charge >= 0.3 is 0 Å². The molecule has 6 heterocycles. The number of hydrogen-bond donors (Lipinski definition) is 0. The number of ketones is 5. The molecule has 16 heteroatoms. The van der Waals surface area contributed by atoms with Gasteiger partial charge in [0, 0.05) is 155 Å². The van der Waals surface area contributed by atoms with E-state index in [1.54, 1.807) is 5.56 Å². The first-order chi connectivity index (χ1) is 67.9. The molecule has 0 N–H and O–H groups in total. The Morgan fingerprint density at radius 2 is 0.539 bits per heavy atom. The van der Waals surface area contributed by atoms with Gasteiger partial charge in [-0.05, 0) is 378 Å². The fourth-order valence-electron chi connectivity index (χ4n) is 24.3. The summed E-state index contributed by atoms with van der Waals surface area (Å²) in [5.74, 6) is 2.88. The Bertz CT molecular complexity index is 6340. The van der Waals surface area contributed by atoms with Crippen LogP contribution in [0.15, 0.2) is 249 Å². The third-order valence-corrected chi connectivity index (χ3v) is 33.8. The fourth-order valence-corrected chi connectivity index (χ4v) is 25.0. The molecule has 12 aromatic rings. The predicted octanol–water partition coefficient (Wildman–Crippen LogP) is 26.2. The van der Waals surface area contributed by atoms with Crippen molar-refractivity contribution in [2.24, 2.45) is 34.5 Å². The molecule has 0 saturated heterocycles. The van der Waals surface area contributed by atoms with E-state index < -0.39 is 0 Å². The van der Waals surface area contributed by atoms with Crippen molar-refractivity contribution >= 4 is 99.3 Å². The van der Waals surface area contributed by atoms with E-state index in [0.717, 1.165) is 272 Å². The minimum atomic E-state index is -0.288. The van der Waals surface area contributed by atoms with Crippen LogP contribution in [0, 0.1) is 55.3 Å². The Morgan fingerprint density at radius 1 is 0.262 bits per heavy atom. The third-order valence-electron chi connectivity index (χ3n) is 32.9. The van der Waals surface area contributed by atoms with E-state index in [0.29, 0.717) is 17.3 Å². The molecule has 0 spiro atoms. The first-order valence-electron chi connectivity index (χ1n) is 51.7. The fraction of sp³-hybridized carbons (Fsp3) is 0.384. The maximum atomic E-state index is 12.8. The molecule has 730 valence electrons. The summed E-state index contributed by atoms with van der Waals surface area (Å²) in [7, 11) is 0. The van der Waals surface area contributed by atoms with Crippen LogP contribution in [-0.4, -0.2) is 137 Å². The molecule has 11 nitrogen and oxygen atoms in total. The number of halogens is 5. The predicted molar refractivity (Wildman–Crippen MR) is 586 cm³/mol. The smallest absolute Gasteiger partial charge is 0.169 e. The Hall–Kier alpha value is -9.36. The Morgan fingerprint density at radius 3 is 0.908 bits per heavy atom. The zero-order valence-electron chi connectivity index (χ0n) is 82.8. The largest absolute Gasteiger partial charge is 0.299 e. The standard InChI is InChI=1S/C22H25NO.2C21H22ClNO.C21H23NO.C20H20ClNO.C20H22ClN.HI/c1-15-11-20-13-18(22(24)21(20)12-16(15)2)8-10-23-9-7-17-5-3-4-6-19(17)14-23;2*1-21(13-17-12-18(22)6-7-19(17)20(21)24)9-11-23-10-8-15-4-2-3-5-16(15)14-23;1-15-6-7-20-19(12-15)13-17(21(20)23)9-11-22-10-8-16-4-2-3-5-18(16)14-22;21-18-5-6-19-17(12-18)11-15(20(19)23)8-10-22-9-7-14-3-1-2-4-16(14)13-22;21-20-6-5-17-11-15(12-19(17)13-20)7-9-22-10-8-16-3-1-2-4-18(16)14-22;/h3-6,11-12,18H,7-10,13-14H2,1-2H3;2*2-7,12H,8-11,13-14H2,1H3;2-7,12,17H,8-11,13-14H2,1H3;1-6,12,15H,7-11,13H2;1-6,13,15H,7-12,14H2;1H. The molecular formula is C125H135Cl4IN6O5. The number of nitrogens with zero attached hydrogens (tertiary/aromatic N) is 6. The molecule has 6 atom stereocenters. The van der Waals surface area contributed by atoms with Gasteiger partial charge in [0.1, 0.15) is 0 Å². The molecule has 12 aromatic carbocycles. The number of benzene rings is 12. The molecule has 0 amide bonds. The summed E-state index contributed by atoms with van der Waals surface area (Å²) in [5, 5.41) is 3.05. The highest BCUT2D eigenvalue weighted by atomic mass is 127. The summed E-state index contributed by atoms with van der Waals surface area (Å²) >= 11 is 24.3. The zero-order valence-corrected chi connectivity index (χ0v) is 88.1. The van der Waals surface area contributed by atoms with Crippen LogP contribution >= 0.6 is 70.4 Å². The van der Waals surface area contributed by atoms with E-state index in [4.69, 9.17) is 46.4 Å². The average molecular weight is 2070 g/mol. The molecule has 6 unspecified atom stereocenters. The van der Waals surface area contributed by atoms with Gasteiger partial charge in [0.15, 0.2) is 28.9 Å². The van der Waals surface area contributed by atoms with Crippen LogP contribution in [0.3, 0.4) is 0 Å². The average Bonchev–Trinajstić information content (AvgIpc) is 1.62. The van der Waals surface area contributed by atoms with Gasteiger partial charge in [0.2, 0.25) is 0 Å². The highest BCUT2D eigenvalue weighted by molar-refractivity contribution is 14.0. The van der Waals surface area contributed by atoms with E-state index >= 15 is 0 Å². The monoisotopic (exact) mass is 2070 g/mol. The second kappa shape index (κ2) is 45.9. The van der Waals surface area contributed by atoms with Crippen molar-refractivity contribution in [1.82, 2.24) is 29.4 Å². The SMILES string of the molecule is CC1(CCN2CCc3ccccc3C2)Cc2cc(Cl)ccc2C1=O.CC1(CCN2CCc3ccccc3C2)Cc2cc(Cl)ccc2C1=O.Cc1cc2c(cc1C)C(=O)C(CCN1CCc3ccccc3C1)C2.Cc1ccc2c(c1)CC(CCN1CCc3ccccc3C1)C2=O.Clc1ccc2c(c1)CC(CCN1CCc3ccccc3C1)C2.I.O=C1c2ccc(Cl)cc2CC1CCN1CCc2ccccc2C1. The van der Waals surface area contributed by atoms with Crippen molar-refractivity contribution < 1.29 is 24.0 Å². The van der Waals surface area contributed by atoms with Crippen LogP contribution in [0.25, 0.3) is 0 Å². The van der Waals surface area contributed by atoms with Crippen LogP contribution in [-0.2, 0) is 123 Å². The summed E-state index contributed by atoms with van der Waals surface area (Å²) in [6, 6.07) is 86.4. The van der Waals surface area contributed by atoms with Gasteiger partial charge in [-0.15, -0.1) is 24.0 Å². The molecule has 0 aromatic heterocycles. The quantitative estimate of drug-likeness (QED) is 0.0767. The number of aryl methyl sites for hydroxylation is 3. The van der Waals surface area contributed by atoms with E-state index in [1.165, 1.54) is 139 Å². The van der Waals surface area contributed by atoms with E-state index in [2.05, 4.69) is 246 Å². The number of fused-ring (bicyclic) bond motifs is 12. The highest BCUT2D eigenvalue weighted by Gasteiger charge is 2.44. The van der Waals surface area contributed by atoms with Gasteiger partial charge in [-0.1, -0.05) is 242 Å². The second-order valence-electron chi connectivity index (χ2n) is 42.7. The summed E-state index contributed by atoms with van der Waals surface area (Å²) in [6.07, 6.45) is 19.6. The molecule has 24 rings (SSSR count). The lowest BCUT2D eigenvalue weighted by molar-refractivity contribution is 0.0799. The summed E-state index contributed by atoms with van der Waals surface area (Å²) < 4.78 is 0. The molecule has 6 aliphatic carbocycles. The summed E-state index contributed by atoms with van der Waals surface area (Å²) in [4.78, 5) is 78.5. The molecule has 141 heavy (non-hydrogen) atoms. The van der Waals surface area contributed by atoms with Gasteiger partial charge in [0.25, 0.3) is 0 Å². The first-order valence-corrected chi connectivity index (χ1v) is 53.2. The maximum Gasteiger partial charge on any atom is 0.169 e. The van der Waals surface area contributed by atoms with E-state index in [-0.39, 0.29) is 64.1 Å². The Balaban J connectivity index is 0.000000112. The summed E-state index contributed by atoms with van der Waals surface area (Å²) in [5.41, 5.74) is 34.3. The minimum absolute atomic E-state index is 0. The molecule has 6 aliphatic heterocycles. The maximum absolute atomic E-state index is 12.8. The van der Waals surface area contributed by atoms with Crippen molar-refractivity contribution in [3.05, 3.63) is 419 Å². The van der Waals surface area contributed by atoms with Gasteiger partial charge in [-0.2, -0.15) is 0 Å². The molecule has 0 saturated carbocycles. The summed E-state index contributed by atoms with van der Waals surface area (Å²) in [6.45, 7) is 29.7. The number of rotatable bonds is 18. The highest BCUT2D eigenvalue weighted by Crippen LogP contribution is 2.45. The Labute approximate surface area is 873 Å². The second-order valence-corrected chi connectivity index (χ2v) is 44.4. The van der Waals surface area contributed by atoms with Gasteiger partial charge in [0.05, 0.1) is 0 Å². The number of carbonyl (C=O) groups excluding carboxylic acids is 5. The van der Waals surface area contributed by atoms with Crippen LogP contribution < -0.4 is 0 Å². The van der Waals surface area contributed by atoms with Crippen LogP contribution in [0.1, 0.15) is 227 Å². The van der Waals surface area contributed by atoms with Gasteiger partial charge in [-0.3, -0.25) is 53.4 Å². The van der Waals surface area contributed by atoms with E-state index in [9.17, 15) is 24.0 Å². The molecule has 12 aliphatic rings. The molecule has 0 fully saturated rings. The zero-order chi connectivity index (χ0) is 96.7. The minimum Gasteiger partial charge on any atom is -0.299 e. The third kappa shape index (κ3) is 24.4. The van der Waals surface area contributed by atoms with Crippen LogP contribution in [0.2, 0.25) is 20.1 Å². The molecule has 0 radical (unpaired) electrons.